The molecule has 1 saturated heterocycles. The molecule has 7 nitrogen and oxygen atoms in total. The van der Waals surface area contributed by atoms with Gasteiger partial charge in [0.2, 0.25) is 17.6 Å². The number of rotatable bonds is 8. The summed E-state index contributed by atoms with van der Waals surface area (Å²) in [5.74, 6) is 2.47. The fourth-order valence-electron chi connectivity index (χ4n) is 3.11. The number of hydrogen-bond donors (Lipinski definition) is 2. The summed E-state index contributed by atoms with van der Waals surface area (Å²) in [5, 5.41) is 10.4. The normalized spacial score (nSPS) is 17.0. The Hall–Kier alpha value is -2.41. The van der Waals surface area contributed by atoms with Crippen LogP contribution in [0.5, 0.6) is 5.75 Å². The minimum atomic E-state index is 0.0259. The van der Waals surface area contributed by atoms with Crippen molar-refractivity contribution < 1.29 is 14.1 Å². The third-order valence-electron chi connectivity index (χ3n) is 4.66. The Morgan fingerprint density at radius 2 is 2.23 bits per heavy atom. The molecule has 1 aromatic carbocycles. The number of amides is 1. The molecule has 1 atom stereocenters. The number of aryl methyl sites for hydroxylation is 1. The zero-order chi connectivity index (χ0) is 18.2. The van der Waals surface area contributed by atoms with E-state index in [4.69, 9.17) is 9.26 Å². The molecule has 0 spiro atoms. The van der Waals surface area contributed by atoms with Gasteiger partial charge in [0, 0.05) is 24.9 Å². The van der Waals surface area contributed by atoms with Gasteiger partial charge in [0.05, 0.1) is 7.11 Å². The van der Waals surface area contributed by atoms with Crippen molar-refractivity contribution in [2.24, 2.45) is 5.92 Å². The van der Waals surface area contributed by atoms with Crippen LogP contribution in [0.1, 0.15) is 31.6 Å². The highest BCUT2D eigenvalue weighted by Crippen LogP contribution is 2.20. The molecule has 1 aromatic heterocycles. The number of ether oxygens (including phenoxy) is 1. The number of hydrogen-bond acceptors (Lipinski definition) is 6. The molecule has 2 N–H and O–H groups in total. The molecule has 2 heterocycles. The average Bonchev–Trinajstić information content (AvgIpc) is 3.16. The molecule has 0 bridgehead atoms. The molecule has 1 amide bonds. The first-order valence-corrected chi connectivity index (χ1v) is 9.19. The predicted molar refractivity (Wildman–Crippen MR) is 97.8 cm³/mol. The van der Waals surface area contributed by atoms with E-state index in [2.05, 4.69) is 20.8 Å². The zero-order valence-electron chi connectivity index (χ0n) is 15.2. The van der Waals surface area contributed by atoms with E-state index in [1.807, 2.05) is 24.3 Å². The Labute approximate surface area is 153 Å². The van der Waals surface area contributed by atoms with Gasteiger partial charge in [-0.3, -0.25) is 4.79 Å². The maximum absolute atomic E-state index is 12.0. The first kappa shape index (κ1) is 18.4. The Bertz CT molecular complexity index is 693. The Morgan fingerprint density at radius 1 is 1.38 bits per heavy atom. The predicted octanol–water partition coefficient (Wildman–Crippen LogP) is 2.18. The van der Waals surface area contributed by atoms with Crippen LogP contribution in [0.3, 0.4) is 0 Å². The van der Waals surface area contributed by atoms with Crippen molar-refractivity contribution in [2.45, 2.75) is 32.1 Å². The molecule has 1 unspecified atom stereocenters. The number of carbonyl (C=O) groups excluding carboxylic acids is 1. The van der Waals surface area contributed by atoms with Crippen LogP contribution in [0.15, 0.2) is 28.8 Å². The van der Waals surface area contributed by atoms with Crippen molar-refractivity contribution in [3.63, 3.8) is 0 Å². The summed E-state index contributed by atoms with van der Waals surface area (Å²) in [6.45, 7) is 2.91. The third kappa shape index (κ3) is 5.29. The molecule has 1 fully saturated rings. The molecule has 3 rings (SSSR count). The van der Waals surface area contributed by atoms with Gasteiger partial charge in [-0.05, 0) is 62.5 Å². The minimum Gasteiger partial charge on any atom is -0.497 e. The lowest BCUT2D eigenvalue weighted by molar-refractivity contribution is -0.121. The van der Waals surface area contributed by atoms with E-state index in [1.54, 1.807) is 7.11 Å². The lowest BCUT2D eigenvalue weighted by atomic mass is 9.96. The van der Waals surface area contributed by atoms with Gasteiger partial charge in [-0.15, -0.1) is 0 Å². The summed E-state index contributed by atoms with van der Waals surface area (Å²) in [6.07, 6.45) is 4.30. The van der Waals surface area contributed by atoms with E-state index in [1.165, 1.54) is 12.8 Å². The maximum Gasteiger partial charge on any atom is 0.227 e. The van der Waals surface area contributed by atoms with Gasteiger partial charge in [0.15, 0.2) is 0 Å². The number of nitrogens with zero attached hydrogens (tertiary/aromatic N) is 2. The third-order valence-corrected chi connectivity index (χ3v) is 4.66. The molecule has 1 aliphatic heterocycles. The van der Waals surface area contributed by atoms with Gasteiger partial charge in [0.25, 0.3) is 0 Å². The van der Waals surface area contributed by atoms with Gasteiger partial charge in [-0.2, -0.15) is 4.98 Å². The van der Waals surface area contributed by atoms with E-state index in [9.17, 15) is 4.79 Å². The highest BCUT2D eigenvalue weighted by Gasteiger charge is 2.14. The van der Waals surface area contributed by atoms with Crippen LogP contribution in [0.4, 0.5) is 0 Å². The van der Waals surface area contributed by atoms with Gasteiger partial charge < -0.3 is 19.9 Å². The summed E-state index contributed by atoms with van der Waals surface area (Å²) in [4.78, 5) is 16.3. The second-order valence-corrected chi connectivity index (χ2v) is 6.59. The molecule has 7 heteroatoms. The first-order chi connectivity index (χ1) is 12.7. The molecular weight excluding hydrogens is 332 g/mol. The summed E-state index contributed by atoms with van der Waals surface area (Å²) in [7, 11) is 1.62. The quantitative estimate of drug-likeness (QED) is 0.752. The number of nitrogens with one attached hydrogen (secondary N) is 2. The van der Waals surface area contributed by atoms with E-state index >= 15 is 0 Å². The molecule has 0 radical (unpaired) electrons. The lowest BCUT2D eigenvalue weighted by Gasteiger charge is -2.22. The van der Waals surface area contributed by atoms with Crippen molar-refractivity contribution in [1.82, 2.24) is 20.8 Å². The van der Waals surface area contributed by atoms with Crippen LogP contribution in [0, 0.1) is 5.92 Å². The maximum atomic E-state index is 12.0. The Balaban J connectivity index is 1.40. The Kier molecular flexibility index (Phi) is 6.60. The zero-order valence-corrected chi connectivity index (χ0v) is 15.2. The molecule has 26 heavy (non-hydrogen) atoms. The summed E-state index contributed by atoms with van der Waals surface area (Å²) in [6, 6.07) is 7.45. The number of benzene rings is 1. The number of aromatic nitrogens is 2. The number of methoxy groups -OCH3 is 1. The van der Waals surface area contributed by atoms with Crippen molar-refractivity contribution in [3.05, 3.63) is 30.2 Å². The van der Waals surface area contributed by atoms with E-state index in [0.717, 1.165) is 37.4 Å². The fraction of sp³-hybridized carbons (Fsp3) is 0.526. The van der Waals surface area contributed by atoms with Crippen LogP contribution in [-0.4, -0.2) is 42.8 Å². The molecule has 140 valence electrons. The highest BCUT2D eigenvalue weighted by molar-refractivity contribution is 5.76. The topological polar surface area (TPSA) is 89.3 Å². The van der Waals surface area contributed by atoms with E-state index in [0.29, 0.717) is 30.5 Å². The smallest absolute Gasteiger partial charge is 0.227 e. The average molecular weight is 358 g/mol. The molecule has 1 aliphatic rings. The van der Waals surface area contributed by atoms with Gasteiger partial charge in [0.1, 0.15) is 5.75 Å². The minimum absolute atomic E-state index is 0.0259. The Morgan fingerprint density at radius 3 is 2.96 bits per heavy atom. The van der Waals surface area contributed by atoms with E-state index < -0.39 is 0 Å². The number of piperidine rings is 1. The summed E-state index contributed by atoms with van der Waals surface area (Å²) in [5.41, 5.74) is 0.853. The standard InChI is InChI=1S/C19H26N4O3/c1-25-16-6-4-15(5-7-16)19-22-18(26-23-19)9-8-17(24)21-12-10-14-3-2-11-20-13-14/h4-7,14,20H,2-3,8-13H2,1H3,(H,21,24). The van der Waals surface area contributed by atoms with Crippen molar-refractivity contribution in [1.29, 1.82) is 0 Å². The molecular formula is C19H26N4O3. The monoisotopic (exact) mass is 358 g/mol. The second-order valence-electron chi connectivity index (χ2n) is 6.59. The second kappa shape index (κ2) is 9.33. The van der Waals surface area contributed by atoms with Gasteiger partial charge >= 0.3 is 0 Å². The van der Waals surface area contributed by atoms with Crippen molar-refractivity contribution in [3.8, 4) is 17.1 Å². The molecule has 2 aromatic rings. The van der Waals surface area contributed by atoms with Gasteiger partial charge in [-0.25, -0.2) is 0 Å². The SMILES string of the molecule is COc1ccc(-c2noc(CCC(=O)NCCC3CCCNC3)n2)cc1. The van der Waals surface area contributed by atoms with Crippen LogP contribution >= 0.6 is 0 Å². The van der Waals surface area contributed by atoms with Crippen LogP contribution < -0.4 is 15.4 Å². The fourth-order valence-corrected chi connectivity index (χ4v) is 3.11. The van der Waals surface area contributed by atoms with Crippen LogP contribution in [-0.2, 0) is 11.2 Å². The highest BCUT2D eigenvalue weighted by atomic mass is 16.5. The largest absolute Gasteiger partial charge is 0.497 e. The summed E-state index contributed by atoms with van der Waals surface area (Å²) < 4.78 is 10.4. The van der Waals surface area contributed by atoms with Crippen molar-refractivity contribution >= 4 is 5.91 Å². The lowest BCUT2D eigenvalue weighted by Crippen LogP contribution is -2.33. The molecule has 0 aliphatic carbocycles. The molecule has 0 saturated carbocycles. The van der Waals surface area contributed by atoms with E-state index in [-0.39, 0.29) is 5.91 Å². The van der Waals surface area contributed by atoms with Crippen LogP contribution in [0.25, 0.3) is 11.4 Å². The number of carbonyl (C=O) groups is 1. The van der Waals surface area contributed by atoms with Gasteiger partial charge in [-0.1, -0.05) is 5.16 Å². The van der Waals surface area contributed by atoms with Crippen molar-refractivity contribution in [2.75, 3.05) is 26.7 Å². The summed E-state index contributed by atoms with van der Waals surface area (Å²) >= 11 is 0. The van der Waals surface area contributed by atoms with Crippen LogP contribution in [0.2, 0.25) is 0 Å². The first-order valence-electron chi connectivity index (χ1n) is 9.19.